The van der Waals surface area contributed by atoms with Crippen molar-refractivity contribution < 1.29 is 0 Å². The van der Waals surface area contributed by atoms with Crippen molar-refractivity contribution in [3.8, 4) is 0 Å². The molecule has 0 aliphatic heterocycles. The molecule has 1 unspecified atom stereocenters. The molecule has 6 heteroatoms. The van der Waals surface area contributed by atoms with E-state index in [4.69, 9.17) is 0 Å². The standard InChI is InChI=1S/C11H16N6/c1-4-9-5-10(13-6-12-9)15-8(2)11-16-14-7-17(11)3/h5-8H,4H2,1-3H3,(H,12,13,15). The monoisotopic (exact) mass is 232 g/mol. The van der Waals surface area contributed by atoms with Gasteiger partial charge in [-0.25, -0.2) is 9.97 Å². The van der Waals surface area contributed by atoms with E-state index in [2.05, 4.69) is 32.4 Å². The molecular formula is C11H16N6. The smallest absolute Gasteiger partial charge is 0.154 e. The fourth-order valence-electron chi connectivity index (χ4n) is 1.64. The van der Waals surface area contributed by atoms with Gasteiger partial charge >= 0.3 is 0 Å². The predicted molar refractivity (Wildman–Crippen MR) is 64.5 cm³/mol. The van der Waals surface area contributed by atoms with Crippen molar-refractivity contribution in [1.29, 1.82) is 0 Å². The highest BCUT2D eigenvalue weighted by Crippen LogP contribution is 2.15. The maximum Gasteiger partial charge on any atom is 0.154 e. The van der Waals surface area contributed by atoms with Crippen molar-refractivity contribution in [2.24, 2.45) is 7.05 Å². The van der Waals surface area contributed by atoms with Gasteiger partial charge in [0.2, 0.25) is 0 Å². The molecule has 0 radical (unpaired) electrons. The van der Waals surface area contributed by atoms with Gasteiger partial charge in [-0.05, 0) is 13.3 Å². The average Bonchev–Trinajstić information content (AvgIpc) is 2.76. The first-order valence-electron chi connectivity index (χ1n) is 5.62. The Morgan fingerprint density at radius 1 is 1.41 bits per heavy atom. The Morgan fingerprint density at radius 2 is 2.24 bits per heavy atom. The van der Waals surface area contributed by atoms with Gasteiger partial charge in [0.25, 0.3) is 0 Å². The first kappa shape index (κ1) is 11.5. The van der Waals surface area contributed by atoms with Crippen molar-refractivity contribution in [3.63, 3.8) is 0 Å². The number of hydrogen-bond donors (Lipinski definition) is 1. The number of hydrogen-bond acceptors (Lipinski definition) is 5. The van der Waals surface area contributed by atoms with Crippen LogP contribution in [0.2, 0.25) is 0 Å². The topological polar surface area (TPSA) is 68.5 Å². The fourth-order valence-corrected chi connectivity index (χ4v) is 1.64. The molecule has 0 saturated carbocycles. The zero-order valence-corrected chi connectivity index (χ0v) is 10.3. The molecule has 0 spiro atoms. The SMILES string of the molecule is CCc1cc(NC(C)c2nncn2C)ncn1. The summed E-state index contributed by atoms with van der Waals surface area (Å²) in [6.07, 6.45) is 4.16. The molecule has 0 aliphatic rings. The van der Waals surface area contributed by atoms with Gasteiger partial charge in [-0.3, -0.25) is 0 Å². The van der Waals surface area contributed by atoms with Crippen LogP contribution in [-0.2, 0) is 13.5 Å². The predicted octanol–water partition coefficient (Wildman–Crippen LogP) is 1.34. The van der Waals surface area contributed by atoms with Gasteiger partial charge < -0.3 is 9.88 Å². The third-order valence-corrected chi connectivity index (χ3v) is 2.58. The highest BCUT2D eigenvalue weighted by Gasteiger charge is 2.11. The van der Waals surface area contributed by atoms with E-state index in [0.29, 0.717) is 0 Å². The van der Waals surface area contributed by atoms with Gasteiger partial charge in [0, 0.05) is 18.8 Å². The Balaban J connectivity index is 2.13. The number of nitrogens with one attached hydrogen (secondary N) is 1. The van der Waals surface area contributed by atoms with E-state index in [1.165, 1.54) is 0 Å². The second-order valence-electron chi connectivity index (χ2n) is 3.91. The molecule has 0 bridgehead atoms. The quantitative estimate of drug-likeness (QED) is 0.861. The number of nitrogens with zero attached hydrogens (tertiary/aromatic N) is 5. The molecule has 2 aromatic rings. The van der Waals surface area contributed by atoms with Crippen LogP contribution in [-0.4, -0.2) is 24.7 Å². The molecule has 1 atom stereocenters. The molecule has 6 nitrogen and oxygen atoms in total. The van der Waals surface area contributed by atoms with E-state index in [1.807, 2.05) is 24.6 Å². The highest BCUT2D eigenvalue weighted by molar-refractivity contribution is 5.36. The number of anilines is 1. The second kappa shape index (κ2) is 4.90. The molecule has 2 rings (SSSR count). The van der Waals surface area contributed by atoms with Crippen LogP contribution in [0.5, 0.6) is 0 Å². The first-order chi connectivity index (χ1) is 8.20. The molecule has 1 N–H and O–H groups in total. The van der Waals surface area contributed by atoms with Gasteiger partial charge in [-0.2, -0.15) is 0 Å². The van der Waals surface area contributed by atoms with Crippen molar-refractivity contribution in [1.82, 2.24) is 24.7 Å². The fraction of sp³-hybridized carbons (Fsp3) is 0.455. The van der Waals surface area contributed by atoms with Gasteiger partial charge in [0.1, 0.15) is 18.5 Å². The summed E-state index contributed by atoms with van der Waals surface area (Å²) in [6, 6.07) is 2.01. The lowest BCUT2D eigenvalue weighted by molar-refractivity contribution is 0.715. The van der Waals surface area contributed by atoms with E-state index in [-0.39, 0.29) is 6.04 Å². The molecule has 2 heterocycles. The lowest BCUT2D eigenvalue weighted by Crippen LogP contribution is -2.13. The van der Waals surface area contributed by atoms with Gasteiger partial charge in [0.05, 0.1) is 6.04 Å². The Kier molecular flexibility index (Phi) is 3.32. The summed E-state index contributed by atoms with van der Waals surface area (Å²) >= 11 is 0. The third-order valence-electron chi connectivity index (χ3n) is 2.58. The van der Waals surface area contributed by atoms with E-state index < -0.39 is 0 Å². The van der Waals surface area contributed by atoms with Crippen LogP contribution in [0.15, 0.2) is 18.7 Å². The minimum absolute atomic E-state index is 0.0575. The van der Waals surface area contributed by atoms with Gasteiger partial charge in [0.15, 0.2) is 5.82 Å². The van der Waals surface area contributed by atoms with Crippen molar-refractivity contribution in [3.05, 3.63) is 30.2 Å². The summed E-state index contributed by atoms with van der Waals surface area (Å²) < 4.78 is 1.89. The first-order valence-corrected chi connectivity index (χ1v) is 5.62. The summed E-state index contributed by atoms with van der Waals surface area (Å²) in [5.41, 5.74) is 1.02. The molecule has 17 heavy (non-hydrogen) atoms. The maximum absolute atomic E-state index is 4.19. The largest absolute Gasteiger partial charge is 0.360 e. The maximum atomic E-state index is 4.19. The number of aromatic nitrogens is 5. The van der Waals surface area contributed by atoms with Crippen LogP contribution in [0.4, 0.5) is 5.82 Å². The Hall–Kier alpha value is -1.98. The van der Waals surface area contributed by atoms with Crippen LogP contribution in [0, 0.1) is 0 Å². The Labute approximate surface area is 100 Å². The van der Waals surface area contributed by atoms with Crippen LogP contribution in [0.25, 0.3) is 0 Å². The van der Waals surface area contributed by atoms with Gasteiger partial charge in [-0.15, -0.1) is 10.2 Å². The van der Waals surface area contributed by atoms with E-state index in [1.54, 1.807) is 12.7 Å². The molecule has 0 saturated heterocycles. The third kappa shape index (κ3) is 2.58. The molecule has 0 amide bonds. The minimum atomic E-state index is 0.0575. The van der Waals surface area contributed by atoms with Crippen molar-refractivity contribution >= 4 is 5.82 Å². The normalized spacial score (nSPS) is 12.4. The van der Waals surface area contributed by atoms with E-state index >= 15 is 0 Å². The number of rotatable bonds is 4. The van der Waals surface area contributed by atoms with Crippen LogP contribution in [0.1, 0.15) is 31.4 Å². The molecule has 0 aliphatic carbocycles. The molecule has 90 valence electrons. The average molecular weight is 232 g/mol. The van der Waals surface area contributed by atoms with E-state index in [0.717, 1.165) is 23.8 Å². The van der Waals surface area contributed by atoms with Gasteiger partial charge in [-0.1, -0.05) is 6.92 Å². The minimum Gasteiger partial charge on any atom is -0.360 e. The summed E-state index contributed by atoms with van der Waals surface area (Å²) in [6.45, 7) is 4.09. The van der Waals surface area contributed by atoms with E-state index in [9.17, 15) is 0 Å². The number of aryl methyl sites for hydroxylation is 2. The zero-order chi connectivity index (χ0) is 12.3. The zero-order valence-electron chi connectivity index (χ0n) is 10.3. The lowest BCUT2D eigenvalue weighted by Gasteiger charge is -2.13. The molecular weight excluding hydrogens is 216 g/mol. The van der Waals surface area contributed by atoms with Crippen LogP contribution < -0.4 is 5.32 Å². The molecule has 2 aromatic heterocycles. The highest BCUT2D eigenvalue weighted by atomic mass is 15.3. The summed E-state index contributed by atoms with van der Waals surface area (Å²) in [5, 5.41) is 11.2. The summed E-state index contributed by atoms with van der Waals surface area (Å²) in [5.74, 6) is 1.69. The summed E-state index contributed by atoms with van der Waals surface area (Å²) in [7, 11) is 1.92. The molecule has 0 fully saturated rings. The Bertz CT molecular complexity index is 492. The van der Waals surface area contributed by atoms with Crippen molar-refractivity contribution in [2.75, 3.05) is 5.32 Å². The lowest BCUT2D eigenvalue weighted by atomic mass is 10.3. The molecule has 0 aromatic carbocycles. The summed E-state index contributed by atoms with van der Waals surface area (Å²) in [4.78, 5) is 8.35. The second-order valence-corrected chi connectivity index (χ2v) is 3.91. The van der Waals surface area contributed by atoms with Crippen LogP contribution >= 0.6 is 0 Å². The van der Waals surface area contributed by atoms with Crippen molar-refractivity contribution in [2.45, 2.75) is 26.3 Å². The Morgan fingerprint density at radius 3 is 2.88 bits per heavy atom. The van der Waals surface area contributed by atoms with Crippen LogP contribution in [0.3, 0.4) is 0 Å².